The van der Waals surface area contributed by atoms with Crippen molar-refractivity contribution >= 4 is 5.57 Å². The number of quaternary nitrogens is 1. The van der Waals surface area contributed by atoms with Crippen LogP contribution >= 0.6 is 0 Å². The average molecular weight is 333 g/mol. The summed E-state index contributed by atoms with van der Waals surface area (Å²) >= 11 is 0. The topological polar surface area (TPSA) is 29.5 Å². The summed E-state index contributed by atoms with van der Waals surface area (Å²) in [6.45, 7) is 11.9. The SMILES string of the molecule is CCCC[N+](CC)(CCC)CCOC(O)C1=CCc2ccccc21. The Morgan fingerprint density at radius 2 is 1.88 bits per heavy atom. The molecule has 0 amide bonds. The summed E-state index contributed by atoms with van der Waals surface area (Å²) in [7, 11) is 0. The zero-order valence-corrected chi connectivity index (χ0v) is 15.6. The van der Waals surface area contributed by atoms with Crippen LogP contribution in [-0.4, -0.2) is 48.7 Å². The highest BCUT2D eigenvalue weighted by atomic mass is 16.6. The van der Waals surface area contributed by atoms with E-state index < -0.39 is 6.29 Å². The summed E-state index contributed by atoms with van der Waals surface area (Å²) in [6, 6.07) is 8.27. The summed E-state index contributed by atoms with van der Waals surface area (Å²) < 4.78 is 6.94. The van der Waals surface area contributed by atoms with E-state index in [0.29, 0.717) is 6.61 Å². The van der Waals surface area contributed by atoms with Gasteiger partial charge in [0, 0.05) is 5.57 Å². The third-order valence-corrected chi connectivity index (χ3v) is 5.33. The molecule has 0 aromatic heterocycles. The van der Waals surface area contributed by atoms with Gasteiger partial charge in [0.15, 0.2) is 6.29 Å². The molecule has 3 heteroatoms. The fourth-order valence-corrected chi connectivity index (χ4v) is 3.77. The van der Waals surface area contributed by atoms with Crippen molar-refractivity contribution in [2.45, 2.75) is 52.7 Å². The number of aliphatic hydroxyl groups excluding tert-OH is 1. The van der Waals surface area contributed by atoms with Crippen molar-refractivity contribution < 1.29 is 14.3 Å². The fourth-order valence-electron chi connectivity index (χ4n) is 3.77. The van der Waals surface area contributed by atoms with Crippen LogP contribution in [-0.2, 0) is 11.2 Å². The van der Waals surface area contributed by atoms with Gasteiger partial charge in [-0.05, 0) is 37.3 Å². The first kappa shape index (κ1) is 19.2. The van der Waals surface area contributed by atoms with Crippen molar-refractivity contribution in [1.29, 1.82) is 0 Å². The van der Waals surface area contributed by atoms with Crippen LogP contribution in [0.15, 0.2) is 30.3 Å². The van der Waals surface area contributed by atoms with Crippen molar-refractivity contribution in [3.05, 3.63) is 41.5 Å². The zero-order chi connectivity index (χ0) is 17.4. The number of allylic oxidation sites excluding steroid dienone is 1. The van der Waals surface area contributed by atoms with Gasteiger partial charge in [-0.15, -0.1) is 0 Å². The predicted molar refractivity (Wildman–Crippen MR) is 101 cm³/mol. The third kappa shape index (κ3) is 4.69. The Hall–Kier alpha value is -1.16. The van der Waals surface area contributed by atoms with Crippen LogP contribution in [0.2, 0.25) is 0 Å². The summed E-state index contributed by atoms with van der Waals surface area (Å²) in [5.41, 5.74) is 3.35. The van der Waals surface area contributed by atoms with E-state index >= 15 is 0 Å². The van der Waals surface area contributed by atoms with Gasteiger partial charge in [0.05, 0.1) is 26.2 Å². The predicted octanol–water partition coefficient (Wildman–Crippen LogP) is 4.01. The van der Waals surface area contributed by atoms with E-state index in [1.54, 1.807) is 0 Å². The van der Waals surface area contributed by atoms with E-state index in [2.05, 4.69) is 45.0 Å². The number of likely N-dealkylation sites (N-methyl/N-ethyl adjacent to an activating group) is 1. The maximum Gasteiger partial charge on any atom is 0.181 e. The van der Waals surface area contributed by atoms with E-state index in [1.165, 1.54) is 37.9 Å². The minimum atomic E-state index is -0.805. The summed E-state index contributed by atoms with van der Waals surface area (Å²) in [4.78, 5) is 0. The van der Waals surface area contributed by atoms with Gasteiger partial charge in [-0.2, -0.15) is 0 Å². The molecule has 0 saturated carbocycles. The number of hydrogen-bond donors (Lipinski definition) is 1. The lowest BCUT2D eigenvalue weighted by molar-refractivity contribution is -0.927. The van der Waals surface area contributed by atoms with Crippen LogP contribution < -0.4 is 0 Å². The molecule has 0 heterocycles. The van der Waals surface area contributed by atoms with Crippen LogP contribution in [0.5, 0.6) is 0 Å². The molecule has 1 aliphatic rings. The van der Waals surface area contributed by atoms with Crippen LogP contribution in [0.3, 0.4) is 0 Å². The zero-order valence-electron chi connectivity index (χ0n) is 15.6. The van der Waals surface area contributed by atoms with E-state index in [1.807, 2.05) is 6.07 Å². The Bertz CT molecular complexity index is 540. The highest BCUT2D eigenvalue weighted by Gasteiger charge is 2.25. The molecule has 0 spiro atoms. The lowest BCUT2D eigenvalue weighted by Gasteiger charge is -2.38. The van der Waals surface area contributed by atoms with E-state index in [0.717, 1.165) is 35.1 Å². The van der Waals surface area contributed by atoms with E-state index in [9.17, 15) is 5.11 Å². The molecule has 0 fully saturated rings. The minimum absolute atomic E-state index is 0.609. The number of fused-ring (bicyclic) bond motifs is 1. The summed E-state index contributed by atoms with van der Waals surface area (Å²) in [5, 5.41) is 10.5. The molecule has 24 heavy (non-hydrogen) atoms. The Balaban J connectivity index is 1.90. The molecule has 1 aromatic carbocycles. The Labute approximate surface area is 147 Å². The van der Waals surface area contributed by atoms with Crippen molar-refractivity contribution in [2.24, 2.45) is 0 Å². The van der Waals surface area contributed by atoms with Crippen LogP contribution in [0.1, 0.15) is 51.2 Å². The number of hydrogen-bond acceptors (Lipinski definition) is 2. The fraction of sp³-hybridized carbons (Fsp3) is 0.619. The second-order valence-corrected chi connectivity index (χ2v) is 6.93. The van der Waals surface area contributed by atoms with Crippen LogP contribution in [0.4, 0.5) is 0 Å². The second kappa shape index (κ2) is 9.36. The molecule has 1 aromatic rings. The van der Waals surface area contributed by atoms with Crippen molar-refractivity contribution in [3.8, 4) is 0 Å². The highest BCUT2D eigenvalue weighted by molar-refractivity contribution is 5.74. The van der Waals surface area contributed by atoms with Gasteiger partial charge in [-0.1, -0.05) is 50.6 Å². The van der Waals surface area contributed by atoms with Crippen LogP contribution in [0, 0.1) is 0 Å². The largest absolute Gasteiger partial charge is 0.364 e. The molecule has 1 aliphatic carbocycles. The molecule has 2 rings (SSSR count). The van der Waals surface area contributed by atoms with Gasteiger partial charge in [0.1, 0.15) is 6.54 Å². The number of unbranched alkanes of at least 4 members (excludes halogenated alkanes) is 1. The maximum atomic E-state index is 10.5. The average Bonchev–Trinajstić information content (AvgIpc) is 3.03. The van der Waals surface area contributed by atoms with Gasteiger partial charge in [-0.3, -0.25) is 0 Å². The molecular weight excluding hydrogens is 298 g/mol. The number of aliphatic hydroxyl groups is 1. The third-order valence-electron chi connectivity index (χ3n) is 5.33. The molecular formula is C21H34NO2+. The lowest BCUT2D eigenvalue weighted by Crippen LogP contribution is -2.51. The van der Waals surface area contributed by atoms with Crippen molar-refractivity contribution in [3.63, 3.8) is 0 Å². The van der Waals surface area contributed by atoms with Crippen LogP contribution in [0.25, 0.3) is 5.57 Å². The second-order valence-electron chi connectivity index (χ2n) is 6.93. The number of rotatable bonds is 11. The Kier molecular flexibility index (Phi) is 7.47. The molecule has 0 saturated heterocycles. The molecule has 1 N–H and O–H groups in total. The first-order valence-electron chi connectivity index (χ1n) is 9.59. The van der Waals surface area contributed by atoms with Gasteiger partial charge in [-0.25, -0.2) is 0 Å². The molecule has 0 aliphatic heterocycles. The Morgan fingerprint density at radius 1 is 1.08 bits per heavy atom. The van der Waals surface area contributed by atoms with Gasteiger partial charge in [0.25, 0.3) is 0 Å². The summed E-state index contributed by atoms with van der Waals surface area (Å²) in [6.07, 6.45) is 5.87. The maximum absolute atomic E-state index is 10.5. The first-order chi connectivity index (χ1) is 11.7. The Morgan fingerprint density at radius 3 is 2.58 bits per heavy atom. The lowest BCUT2D eigenvalue weighted by atomic mass is 10.1. The number of benzene rings is 1. The molecule has 0 radical (unpaired) electrons. The number of ether oxygens (including phenoxy) is 1. The standard InChI is InChI=1S/C21H34NO2/c1-4-7-15-22(6-3,14-5-2)16-17-24-21(23)20-13-12-18-10-8-9-11-19(18)20/h8-11,13,21,23H,4-7,12,14-17H2,1-3H3/q+1. The van der Waals surface area contributed by atoms with E-state index in [-0.39, 0.29) is 0 Å². The quantitative estimate of drug-likeness (QED) is 0.490. The smallest absolute Gasteiger partial charge is 0.181 e. The number of nitrogens with zero attached hydrogens (tertiary/aromatic N) is 1. The molecule has 3 nitrogen and oxygen atoms in total. The van der Waals surface area contributed by atoms with E-state index in [4.69, 9.17) is 4.74 Å². The summed E-state index contributed by atoms with van der Waals surface area (Å²) in [5.74, 6) is 0. The van der Waals surface area contributed by atoms with Crippen molar-refractivity contribution in [2.75, 3.05) is 32.8 Å². The normalized spacial score (nSPS) is 17.2. The first-order valence-corrected chi connectivity index (χ1v) is 9.59. The molecule has 2 atom stereocenters. The molecule has 2 unspecified atom stereocenters. The minimum Gasteiger partial charge on any atom is -0.364 e. The van der Waals surface area contributed by atoms with Gasteiger partial charge in [0.2, 0.25) is 0 Å². The van der Waals surface area contributed by atoms with Gasteiger partial charge >= 0.3 is 0 Å². The molecule has 0 bridgehead atoms. The molecule has 134 valence electrons. The monoisotopic (exact) mass is 332 g/mol. The van der Waals surface area contributed by atoms with Crippen molar-refractivity contribution in [1.82, 2.24) is 0 Å². The van der Waals surface area contributed by atoms with Gasteiger partial charge < -0.3 is 14.3 Å². The highest BCUT2D eigenvalue weighted by Crippen LogP contribution is 2.30.